The van der Waals surface area contributed by atoms with E-state index < -0.39 is 0 Å². The number of piperazine rings is 1. The Morgan fingerprint density at radius 3 is 2.96 bits per heavy atom. The third-order valence-electron chi connectivity index (χ3n) is 4.05. The van der Waals surface area contributed by atoms with Crippen molar-refractivity contribution in [1.29, 1.82) is 0 Å². The highest BCUT2D eigenvalue weighted by Crippen LogP contribution is 2.08. The Labute approximate surface area is 144 Å². The number of nitrogens with zero attached hydrogens (tertiary/aromatic N) is 7. The van der Waals surface area contributed by atoms with Crippen molar-refractivity contribution < 1.29 is 4.79 Å². The predicted molar refractivity (Wildman–Crippen MR) is 88.8 cm³/mol. The fraction of sp³-hybridized carbons (Fsp3) is 0.312. The molecule has 3 aromatic rings. The minimum Gasteiger partial charge on any atom is -0.334 e. The van der Waals surface area contributed by atoms with Gasteiger partial charge in [0.1, 0.15) is 17.8 Å². The van der Waals surface area contributed by atoms with Crippen LogP contribution in [-0.4, -0.2) is 60.0 Å². The predicted octanol–water partition coefficient (Wildman–Crippen LogP) is -0.161. The molecule has 0 atom stereocenters. The van der Waals surface area contributed by atoms with Crippen LogP contribution in [0.25, 0.3) is 5.82 Å². The van der Waals surface area contributed by atoms with E-state index in [0.29, 0.717) is 26.2 Å². The third kappa shape index (κ3) is 3.56. The monoisotopic (exact) mass is 338 g/mol. The molecule has 128 valence electrons. The van der Waals surface area contributed by atoms with Crippen molar-refractivity contribution in [2.75, 3.05) is 19.6 Å². The summed E-state index contributed by atoms with van der Waals surface area (Å²) in [6, 6.07) is 3.94. The number of nitrogens with one attached hydrogen (secondary N) is 1. The van der Waals surface area contributed by atoms with Crippen LogP contribution in [-0.2, 0) is 17.9 Å². The van der Waals surface area contributed by atoms with Crippen LogP contribution in [0.15, 0.2) is 43.2 Å². The van der Waals surface area contributed by atoms with Crippen LogP contribution in [0.4, 0.5) is 0 Å². The normalized spacial score (nSPS) is 14.9. The van der Waals surface area contributed by atoms with Gasteiger partial charge in [0.2, 0.25) is 5.91 Å². The summed E-state index contributed by atoms with van der Waals surface area (Å²) in [5.41, 5.74) is 1.82. The summed E-state index contributed by atoms with van der Waals surface area (Å²) in [4.78, 5) is 22.1. The van der Waals surface area contributed by atoms with Crippen molar-refractivity contribution in [2.45, 2.75) is 13.1 Å². The Balaban J connectivity index is 1.40. The Morgan fingerprint density at radius 2 is 2.20 bits per heavy atom. The molecule has 0 unspecified atom stereocenters. The van der Waals surface area contributed by atoms with Crippen molar-refractivity contribution in [2.24, 2.45) is 0 Å². The molecule has 0 spiro atoms. The molecule has 0 bridgehead atoms. The molecule has 1 N–H and O–H groups in total. The number of hydrogen-bond acceptors (Lipinski definition) is 6. The smallest absolute Gasteiger partial charge is 0.236 e. The van der Waals surface area contributed by atoms with Crippen LogP contribution < -0.4 is 5.32 Å². The second-order valence-corrected chi connectivity index (χ2v) is 5.89. The molecule has 0 aliphatic carbocycles. The third-order valence-corrected chi connectivity index (χ3v) is 4.05. The second-order valence-electron chi connectivity index (χ2n) is 5.89. The summed E-state index contributed by atoms with van der Waals surface area (Å²) in [5.74, 6) is 0.915. The topological polar surface area (TPSA) is 93.8 Å². The van der Waals surface area contributed by atoms with E-state index in [4.69, 9.17) is 0 Å². The van der Waals surface area contributed by atoms with E-state index in [2.05, 4.69) is 25.6 Å². The molecule has 0 aromatic carbocycles. The van der Waals surface area contributed by atoms with Gasteiger partial charge in [-0.3, -0.25) is 9.36 Å². The van der Waals surface area contributed by atoms with Gasteiger partial charge >= 0.3 is 0 Å². The minimum atomic E-state index is 0.0973. The molecule has 0 saturated carbocycles. The van der Waals surface area contributed by atoms with Crippen molar-refractivity contribution in [3.05, 3.63) is 54.5 Å². The van der Waals surface area contributed by atoms with E-state index in [1.807, 2.05) is 35.3 Å². The lowest BCUT2D eigenvalue weighted by molar-refractivity contribution is -0.132. The fourth-order valence-electron chi connectivity index (χ4n) is 2.74. The summed E-state index contributed by atoms with van der Waals surface area (Å²) in [6.07, 6.45) is 8.97. The highest BCUT2D eigenvalue weighted by molar-refractivity contribution is 5.78. The maximum Gasteiger partial charge on any atom is 0.236 e. The van der Waals surface area contributed by atoms with Crippen LogP contribution in [0, 0.1) is 0 Å². The molecule has 1 saturated heterocycles. The van der Waals surface area contributed by atoms with E-state index in [1.54, 1.807) is 22.1 Å². The number of pyridine rings is 1. The van der Waals surface area contributed by atoms with E-state index in [-0.39, 0.29) is 5.91 Å². The van der Waals surface area contributed by atoms with Crippen molar-refractivity contribution in [3.63, 3.8) is 0 Å². The Morgan fingerprint density at radius 1 is 1.24 bits per heavy atom. The Kier molecular flexibility index (Phi) is 4.21. The van der Waals surface area contributed by atoms with E-state index >= 15 is 0 Å². The summed E-state index contributed by atoms with van der Waals surface area (Å²) >= 11 is 0. The average molecular weight is 338 g/mol. The number of carbonyl (C=O) groups is 1. The molecule has 9 nitrogen and oxygen atoms in total. The molecule has 4 heterocycles. The number of rotatable bonds is 5. The maximum absolute atomic E-state index is 11.8. The molecular formula is C16H18N8O. The van der Waals surface area contributed by atoms with Gasteiger partial charge in [-0.15, -0.1) is 5.10 Å². The lowest BCUT2D eigenvalue weighted by Crippen LogP contribution is -2.47. The summed E-state index contributed by atoms with van der Waals surface area (Å²) in [6.45, 7) is 2.99. The average Bonchev–Trinajstić information content (AvgIpc) is 3.30. The zero-order valence-corrected chi connectivity index (χ0v) is 13.6. The van der Waals surface area contributed by atoms with Gasteiger partial charge in [0.05, 0.1) is 25.8 Å². The van der Waals surface area contributed by atoms with Crippen LogP contribution >= 0.6 is 0 Å². The van der Waals surface area contributed by atoms with Gasteiger partial charge < -0.3 is 10.2 Å². The molecule has 3 aromatic heterocycles. The van der Waals surface area contributed by atoms with Crippen LogP contribution in [0.3, 0.4) is 0 Å². The quantitative estimate of drug-likeness (QED) is 0.695. The zero-order valence-electron chi connectivity index (χ0n) is 13.6. The highest BCUT2D eigenvalue weighted by atomic mass is 16.2. The summed E-state index contributed by atoms with van der Waals surface area (Å²) in [5, 5.41) is 11.4. The Bertz CT molecular complexity index is 839. The first-order valence-electron chi connectivity index (χ1n) is 8.09. The van der Waals surface area contributed by atoms with Gasteiger partial charge in [-0.1, -0.05) is 11.3 Å². The van der Waals surface area contributed by atoms with Crippen LogP contribution in [0.2, 0.25) is 0 Å². The van der Waals surface area contributed by atoms with Gasteiger partial charge in [0, 0.05) is 31.7 Å². The molecule has 4 rings (SSSR count). The molecule has 9 heteroatoms. The zero-order chi connectivity index (χ0) is 17.1. The minimum absolute atomic E-state index is 0.0973. The number of imidazole rings is 1. The first-order chi connectivity index (χ1) is 12.3. The molecule has 1 aliphatic heterocycles. The fourth-order valence-corrected chi connectivity index (χ4v) is 2.74. The van der Waals surface area contributed by atoms with Crippen molar-refractivity contribution >= 4 is 5.91 Å². The van der Waals surface area contributed by atoms with Crippen molar-refractivity contribution in [3.8, 4) is 5.82 Å². The number of amides is 1. The van der Waals surface area contributed by atoms with Gasteiger partial charge in [0.25, 0.3) is 0 Å². The summed E-state index contributed by atoms with van der Waals surface area (Å²) < 4.78 is 3.61. The molecule has 1 aliphatic rings. The first kappa shape index (κ1) is 15.5. The largest absolute Gasteiger partial charge is 0.334 e. The van der Waals surface area contributed by atoms with E-state index in [0.717, 1.165) is 23.6 Å². The molecule has 1 amide bonds. The van der Waals surface area contributed by atoms with Crippen LogP contribution in [0.1, 0.15) is 11.3 Å². The van der Waals surface area contributed by atoms with Gasteiger partial charge in [0.15, 0.2) is 0 Å². The lowest BCUT2D eigenvalue weighted by atomic mass is 10.3. The molecule has 25 heavy (non-hydrogen) atoms. The van der Waals surface area contributed by atoms with Crippen molar-refractivity contribution in [1.82, 2.24) is 39.7 Å². The molecular weight excluding hydrogens is 320 g/mol. The second kappa shape index (κ2) is 6.81. The molecule has 0 radical (unpaired) electrons. The molecule has 1 fully saturated rings. The van der Waals surface area contributed by atoms with Gasteiger partial charge in [-0.2, -0.15) is 0 Å². The van der Waals surface area contributed by atoms with E-state index in [1.165, 1.54) is 0 Å². The first-order valence-corrected chi connectivity index (χ1v) is 8.09. The van der Waals surface area contributed by atoms with E-state index in [9.17, 15) is 4.79 Å². The number of aromatic nitrogens is 6. The standard InChI is InChI=1S/C16H18N8O/c25-16-8-17-3-5-22(16)10-14-11-24(21-20-14)9-13-1-2-15(19-7-13)23-6-4-18-12-23/h1-2,4,6-7,11-12,17H,3,5,8-10H2. The van der Waals surface area contributed by atoms with Gasteiger partial charge in [-0.05, 0) is 11.6 Å². The maximum atomic E-state index is 11.8. The lowest BCUT2D eigenvalue weighted by Gasteiger charge is -2.26. The SMILES string of the molecule is O=C1CNCCN1Cc1cn(Cc2ccc(-n3ccnc3)nc2)nn1. The van der Waals surface area contributed by atoms with Crippen LogP contribution in [0.5, 0.6) is 0 Å². The summed E-state index contributed by atoms with van der Waals surface area (Å²) in [7, 11) is 0. The Hall–Kier alpha value is -3.07. The number of carbonyl (C=O) groups excluding carboxylic acids is 1. The highest BCUT2D eigenvalue weighted by Gasteiger charge is 2.18. The number of hydrogen-bond donors (Lipinski definition) is 1. The van der Waals surface area contributed by atoms with Gasteiger partial charge in [-0.25, -0.2) is 14.6 Å².